The zero-order valence-electron chi connectivity index (χ0n) is 12.7. The Balaban J connectivity index is 2.18. The summed E-state index contributed by atoms with van der Waals surface area (Å²) in [4.78, 5) is 20.9. The first-order valence-corrected chi connectivity index (χ1v) is 7.06. The molecule has 0 aliphatic carbocycles. The van der Waals surface area contributed by atoms with Gasteiger partial charge in [0.25, 0.3) is 0 Å². The van der Waals surface area contributed by atoms with Gasteiger partial charge in [0.05, 0.1) is 6.10 Å². The lowest BCUT2D eigenvalue weighted by Crippen LogP contribution is -2.32. The van der Waals surface area contributed by atoms with Gasteiger partial charge in [-0.2, -0.15) is 0 Å². The number of likely N-dealkylation sites (N-methyl/N-ethyl adjacent to an activating group) is 1. The summed E-state index contributed by atoms with van der Waals surface area (Å²) < 4.78 is 5.29. The maximum atomic E-state index is 12.1. The number of carbonyl (C=O) groups excluding carboxylic acids is 1. The number of pyridine rings is 1. The molecule has 5 nitrogen and oxygen atoms in total. The number of hydrogen-bond acceptors (Lipinski definition) is 5. The van der Waals surface area contributed by atoms with E-state index in [2.05, 4.69) is 28.9 Å². The van der Waals surface area contributed by atoms with Gasteiger partial charge in [-0.05, 0) is 46.5 Å². The van der Waals surface area contributed by atoms with Gasteiger partial charge in [-0.3, -0.25) is 0 Å². The van der Waals surface area contributed by atoms with Crippen LogP contribution in [-0.2, 0) is 4.74 Å². The lowest BCUT2D eigenvalue weighted by molar-refractivity contribution is 0.0378. The maximum absolute atomic E-state index is 12.1. The molecule has 0 N–H and O–H groups in total. The third-order valence-electron chi connectivity index (χ3n) is 3.54. The fourth-order valence-electron chi connectivity index (χ4n) is 2.44. The molecule has 110 valence electrons. The normalized spacial score (nSPS) is 18.9. The molecular formula is C15H23N3O2. The SMILES string of the molecule is CC(C)OC(=O)c1cccnc1N1CCC(N(C)C)C1. The molecule has 1 fully saturated rings. The van der Waals surface area contributed by atoms with E-state index in [9.17, 15) is 4.79 Å². The van der Waals surface area contributed by atoms with Crippen molar-refractivity contribution in [1.82, 2.24) is 9.88 Å². The molecule has 2 rings (SSSR count). The molecule has 1 atom stereocenters. The number of nitrogens with zero attached hydrogens (tertiary/aromatic N) is 3. The molecule has 1 aliphatic rings. The van der Waals surface area contributed by atoms with Crippen LogP contribution in [0.3, 0.4) is 0 Å². The van der Waals surface area contributed by atoms with E-state index in [1.807, 2.05) is 13.8 Å². The molecule has 0 spiro atoms. The number of hydrogen-bond donors (Lipinski definition) is 0. The first kappa shape index (κ1) is 14.8. The first-order chi connectivity index (χ1) is 9.49. The second kappa shape index (κ2) is 6.22. The topological polar surface area (TPSA) is 45.7 Å². The number of carbonyl (C=O) groups is 1. The summed E-state index contributed by atoms with van der Waals surface area (Å²) in [5, 5.41) is 0. The Morgan fingerprint density at radius 3 is 2.85 bits per heavy atom. The second-order valence-corrected chi connectivity index (χ2v) is 5.68. The Hall–Kier alpha value is -1.62. The number of aromatic nitrogens is 1. The summed E-state index contributed by atoms with van der Waals surface area (Å²) in [5.74, 6) is 0.443. The predicted octanol–water partition coefficient (Wildman–Crippen LogP) is 1.79. The molecule has 0 radical (unpaired) electrons. The Bertz CT molecular complexity index is 474. The van der Waals surface area contributed by atoms with E-state index >= 15 is 0 Å². The zero-order valence-corrected chi connectivity index (χ0v) is 12.7. The van der Waals surface area contributed by atoms with Crippen molar-refractivity contribution < 1.29 is 9.53 Å². The number of ether oxygens (including phenoxy) is 1. The van der Waals surface area contributed by atoms with Gasteiger partial charge >= 0.3 is 5.97 Å². The third-order valence-corrected chi connectivity index (χ3v) is 3.54. The van der Waals surface area contributed by atoms with E-state index in [4.69, 9.17) is 4.74 Å². The third kappa shape index (κ3) is 3.28. The molecule has 0 amide bonds. The van der Waals surface area contributed by atoms with Crippen molar-refractivity contribution in [3.05, 3.63) is 23.9 Å². The molecule has 20 heavy (non-hydrogen) atoms. The highest BCUT2D eigenvalue weighted by Crippen LogP contribution is 2.24. The lowest BCUT2D eigenvalue weighted by atomic mass is 10.2. The van der Waals surface area contributed by atoms with E-state index in [1.165, 1.54) is 0 Å². The van der Waals surface area contributed by atoms with Crippen LogP contribution in [-0.4, -0.2) is 55.2 Å². The monoisotopic (exact) mass is 277 g/mol. The van der Waals surface area contributed by atoms with Gasteiger partial charge in [-0.15, -0.1) is 0 Å². The summed E-state index contributed by atoms with van der Waals surface area (Å²) in [6, 6.07) is 4.07. The molecule has 1 aromatic heterocycles. The van der Waals surface area contributed by atoms with E-state index < -0.39 is 0 Å². The molecule has 0 saturated carbocycles. The lowest BCUT2D eigenvalue weighted by Gasteiger charge is -2.22. The summed E-state index contributed by atoms with van der Waals surface area (Å²) in [7, 11) is 4.17. The average molecular weight is 277 g/mol. The van der Waals surface area contributed by atoms with Crippen molar-refractivity contribution in [2.75, 3.05) is 32.1 Å². The first-order valence-electron chi connectivity index (χ1n) is 7.06. The van der Waals surface area contributed by atoms with Crippen LogP contribution < -0.4 is 4.90 Å². The van der Waals surface area contributed by atoms with Crippen LogP contribution in [0.25, 0.3) is 0 Å². The highest BCUT2D eigenvalue weighted by Gasteiger charge is 2.28. The minimum absolute atomic E-state index is 0.122. The molecule has 5 heteroatoms. The fraction of sp³-hybridized carbons (Fsp3) is 0.600. The maximum Gasteiger partial charge on any atom is 0.342 e. The van der Waals surface area contributed by atoms with E-state index in [1.54, 1.807) is 18.3 Å². The molecule has 1 unspecified atom stereocenters. The van der Waals surface area contributed by atoms with Crippen LogP contribution in [0, 0.1) is 0 Å². The van der Waals surface area contributed by atoms with Gasteiger partial charge in [0.2, 0.25) is 0 Å². The van der Waals surface area contributed by atoms with Crippen molar-refractivity contribution >= 4 is 11.8 Å². The Labute approximate surface area is 120 Å². The quantitative estimate of drug-likeness (QED) is 0.785. The predicted molar refractivity (Wildman–Crippen MR) is 79.1 cm³/mol. The van der Waals surface area contributed by atoms with Crippen molar-refractivity contribution in [1.29, 1.82) is 0 Å². The number of anilines is 1. The molecular weight excluding hydrogens is 254 g/mol. The number of esters is 1. The minimum atomic E-state index is -0.295. The van der Waals surface area contributed by atoms with Gasteiger partial charge in [0.1, 0.15) is 11.4 Å². The minimum Gasteiger partial charge on any atom is -0.459 e. The molecule has 1 aromatic rings. The van der Waals surface area contributed by atoms with Crippen molar-refractivity contribution in [2.24, 2.45) is 0 Å². The molecule has 0 bridgehead atoms. The van der Waals surface area contributed by atoms with Crippen LogP contribution in [0.1, 0.15) is 30.6 Å². The largest absolute Gasteiger partial charge is 0.459 e. The van der Waals surface area contributed by atoms with Gasteiger partial charge in [0, 0.05) is 25.3 Å². The number of rotatable bonds is 4. The van der Waals surface area contributed by atoms with E-state index in [0.29, 0.717) is 11.6 Å². The smallest absolute Gasteiger partial charge is 0.342 e. The van der Waals surface area contributed by atoms with E-state index in [0.717, 1.165) is 25.3 Å². The van der Waals surface area contributed by atoms with Crippen LogP contribution >= 0.6 is 0 Å². The van der Waals surface area contributed by atoms with Crippen molar-refractivity contribution in [3.63, 3.8) is 0 Å². The summed E-state index contributed by atoms with van der Waals surface area (Å²) in [6.07, 6.45) is 2.69. The molecule has 0 aromatic carbocycles. The van der Waals surface area contributed by atoms with Crippen LogP contribution in [0.4, 0.5) is 5.82 Å². The van der Waals surface area contributed by atoms with Crippen molar-refractivity contribution in [2.45, 2.75) is 32.4 Å². The summed E-state index contributed by atoms with van der Waals surface area (Å²) in [5.41, 5.74) is 0.556. The summed E-state index contributed by atoms with van der Waals surface area (Å²) >= 11 is 0. The Kier molecular flexibility index (Phi) is 4.60. The highest BCUT2D eigenvalue weighted by atomic mass is 16.5. The van der Waals surface area contributed by atoms with Gasteiger partial charge in [0.15, 0.2) is 0 Å². The van der Waals surface area contributed by atoms with Crippen molar-refractivity contribution in [3.8, 4) is 0 Å². The fourth-order valence-corrected chi connectivity index (χ4v) is 2.44. The highest BCUT2D eigenvalue weighted by molar-refractivity contribution is 5.94. The van der Waals surface area contributed by atoms with Crippen LogP contribution in [0.15, 0.2) is 18.3 Å². The standard InChI is InChI=1S/C15H23N3O2/c1-11(2)20-15(19)13-6-5-8-16-14(13)18-9-7-12(10-18)17(3)4/h5-6,8,11-12H,7,9-10H2,1-4H3. The van der Waals surface area contributed by atoms with Crippen LogP contribution in [0.2, 0.25) is 0 Å². The Morgan fingerprint density at radius 2 is 2.25 bits per heavy atom. The Morgan fingerprint density at radius 1 is 1.50 bits per heavy atom. The van der Waals surface area contributed by atoms with Crippen LogP contribution in [0.5, 0.6) is 0 Å². The van der Waals surface area contributed by atoms with Gasteiger partial charge in [-0.25, -0.2) is 9.78 Å². The second-order valence-electron chi connectivity index (χ2n) is 5.68. The average Bonchev–Trinajstić information content (AvgIpc) is 2.87. The molecule has 1 saturated heterocycles. The summed E-state index contributed by atoms with van der Waals surface area (Å²) in [6.45, 7) is 5.52. The zero-order chi connectivity index (χ0) is 14.7. The van der Waals surface area contributed by atoms with Gasteiger partial charge < -0.3 is 14.5 Å². The molecule has 1 aliphatic heterocycles. The molecule has 2 heterocycles. The van der Waals surface area contributed by atoms with Gasteiger partial charge in [-0.1, -0.05) is 0 Å². The van der Waals surface area contributed by atoms with E-state index in [-0.39, 0.29) is 12.1 Å².